The van der Waals surface area contributed by atoms with Gasteiger partial charge in [-0.25, -0.2) is 5.43 Å². The molecule has 2 N–H and O–H groups in total. The molecule has 0 aromatic heterocycles. The number of carbonyl (C=O) groups excluding carboxylic acids is 1. The smallest absolute Gasteiger partial charge is 0.259 e. The van der Waals surface area contributed by atoms with E-state index in [1.165, 1.54) is 9.13 Å². The zero-order valence-corrected chi connectivity index (χ0v) is 14.9. The molecule has 0 aliphatic heterocycles. The van der Waals surface area contributed by atoms with Gasteiger partial charge in [0.15, 0.2) is 0 Å². The van der Waals surface area contributed by atoms with Gasteiger partial charge in [-0.1, -0.05) is 23.7 Å². The number of amides is 1. The molecule has 0 unspecified atom stereocenters. The standard InChI is InChI=1S/C16H15ClIN3O/c1-11-8-14(6-7-15(11)18)19-10-16(22)21-20-9-12-2-4-13(17)5-3-12/h2-9,19H,10H2,1H3,(H,21,22)/b20-9+. The summed E-state index contributed by atoms with van der Waals surface area (Å²) in [5.74, 6) is -0.207. The van der Waals surface area contributed by atoms with Gasteiger partial charge in [0.2, 0.25) is 0 Å². The summed E-state index contributed by atoms with van der Waals surface area (Å²) in [5, 5.41) is 7.63. The van der Waals surface area contributed by atoms with Crippen LogP contribution in [0.2, 0.25) is 5.02 Å². The van der Waals surface area contributed by atoms with Gasteiger partial charge in [0.1, 0.15) is 0 Å². The number of aryl methyl sites for hydroxylation is 1. The van der Waals surface area contributed by atoms with Crippen LogP contribution in [0.5, 0.6) is 0 Å². The average Bonchev–Trinajstić information content (AvgIpc) is 2.50. The van der Waals surface area contributed by atoms with E-state index in [1.54, 1.807) is 18.3 Å². The Balaban J connectivity index is 1.80. The van der Waals surface area contributed by atoms with E-state index in [0.29, 0.717) is 5.02 Å². The summed E-state index contributed by atoms with van der Waals surface area (Å²) in [7, 11) is 0. The Morgan fingerprint density at radius 1 is 1.27 bits per heavy atom. The molecule has 6 heteroatoms. The first-order valence-electron chi connectivity index (χ1n) is 6.62. The Morgan fingerprint density at radius 3 is 2.68 bits per heavy atom. The molecule has 0 radical (unpaired) electrons. The van der Waals surface area contributed by atoms with E-state index in [0.717, 1.165) is 11.3 Å². The van der Waals surface area contributed by atoms with Crippen LogP contribution in [-0.4, -0.2) is 18.7 Å². The first-order valence-corrected chi connectivity index (χ1v) is 8.08. The van der Waals surface area contributed by atoms with Crippen LogP contribution < -0.4 is 10.7 Å². The minimum absolute atomic E-state index is 0.165. The fourth-order valence-electron chi connectivity index (χ4n) is 1.70. The maximum absolute atomic E-state index is 11.7. The SMILES string of the molecule is Cc1cc(NCC(=O)N/N=C/c2ccc(Cl)cc2)ccc1I. The molecule has 0 spiro atoms. The van der Waals surface area contributed by atoms with Crippen LogP contribution in [-0.2, 0) is 4.79 Å². The predicted molar refractivity (Wildman–Crippen MR) is 99.6 cm³/mol. The Labute approximate surface area is 148 Å². The normalized spacial score (nSPS) is 10.7. The van der Waals surface area contributed by atoms with Gasteiger partial charge in [0.25, 0.3) is 5.91 Å². The van der Waals surface area contributed by atoms with Crippen LogP contribution >= 0.6 is 34.2 Å². The zero-order valence-electron chi connectivity index (χ0n) is 11.9. The summed E-state index contributed by atoms with van der Waals surface area (Å²) < 4.78 is 1.19. The highest BCUT2D eigenvalue weighted by atomic mass is 127. The van der Waals surface area contributed by atoms with E-state index < -0.39 is 0 Å². The van der Waals surface area contributed by atoms with Crippen molar-refractivity contribution in [1.82, 2.24) is 5.43 Å². The summed E-state index contributed by atoms with van der Waals surface area (Å²) in [4.78, 5) is 11.7. The second-order valence-corrected chi connectivity index (χ2v) is 6.26. The second kappa shape index (κ2) is 8.14. The molecule has 0 heterocycles. The lowest BCUT2D eigenvalue weighted by molar-refractivity contribution is -0.119. The van der Waals surface area contributed by atoms with Crippen LogP contribution in [0, 0.1) is 10.5 Å². The van der Waals surface area contributed by atoms with E-state index in [9.17, 15) is 4.79 Å². The summed E-state index contributed by atoms with van der Waals surface area (Å²) in [6.07, 6.45) is 1.57. The van der Waals surface area contributed by atoms with Crippen molar-refractivity contribution in [3.05, 3.63) is 62.2 Å². The van der Waals surface area contributed by atoms with E-state index in [4.69, 9.17) is 11.6 Å². The van der Waals surface area contributed by atoms with Gasteiger partial charge in [0, 0.05) is 14.3 Å². The molecule has 0 fully saturated rings. The van der Waals surface area contributed by atoms with Crippen molar-refractivity contribution in [2.75, 3.05) is 11.9 Å². The fourth-order valence-corrected chi connectivity index (χ4v) is 2.17. The molecule has 2 rings (SSSR count). The lowest BCUT2D eigenvalue weighted by Gasteiger charge is -2.07. The maximum atomic E-state index is 11.7. The fraction of sp³-hybridized carbons (Fsp3) is 0.125. The first-order chi connectivity index (χ1) is 10.5. The number of hydrogen-bond acceptors (Lipinski definition) is 3. The quantitative estimate of drug-likeness (QED) is 0.433. The van der Waals surface area contributed by atoms with Crippen molar-refractivity contribution >= 4 is 52.0 Å². The van der Waals surface area contributed by atoms with Crippen LogP contribution in [0.15, 0.2) is 47.6 Å². The predicted octanol–water partition coefficient (Wildman–Crippen LogP) is 3.82. The van der Waals surface area contributed by atoms with Gasteiger partial charge in [-0.3, -0.25) is 4.79 Å². The largest absolute Gasteiger partial charge is 0.376 e. The molecule has 0 saturated carbocycles. The Morgan fingerprint density at radius 2 is 2.00 bits per heavy atom. The minimum atomic E-state index is -0.207. The minimum Gasteiger partial charge on any atom is -0.376 e. The monoisotopic (exact) mass is 427 g/mol. The number of nitrogens with zero attached hydrogens (tertiary/aromatic N) is 1. The van der Waals surface area contributed by atoms with Crippen LogP contribution in [0.4, 0.5) is 5.69 Å². The number of hydrogen-bond donors (Lipinski definition) is 2. The van der Waals surface area contributed by atoms with Crippen LogP contribution in [0.3, 0.4) is 0 Å². The third-order valence-corrected chi connectivity index (χ3v) is 4.35. The van der Waals surface area contributed by atoms with Crippen LogP contribution in [0.1, 0.15) is 11.1 Å². The maximum Gasteiger partial charge on any atom is 0.259 e. The first kappa shape index (κ1) is 16.8. The number of halogens is 2. The molecule has 0 saturated heterocycles. The topological polar surface area (TPSA) is 53.5 Å². The van der Waals surface area contributed by atoms with Gasteiger partial charge >= 0.3 is 0 Å². The Hall–Kier alpha value is -1.60. The molecule has 1 amide bonds. The second-order valence-electron chi connectivity index (χ2n) is 4.66. The van der Waals surface area contributed by atoms with Crippen molar-refractivity contribution < 1.29 is 4.79 Å². The lowest BCUT2D eigenvalue weighted by atomic mass is 10.2. The molecule has 2 aromatic carbocycles. The number of benzene rings is 2. The lowest BCUT2D eigenvalue weighted by Crippen LogP contribution is -2.25. The number of hydrazone groups is 1. The molecular formula is C16H15ClIN3O. The number of nitrogens with one attached hydrogen (secondary N) is 2. The highest BCUT2D eigenvalue weighted by Gasteiger charge is 2.01. The molecule has 22 heavy (non-hydrogen) atoms. The molecule has 2 aromatic rings. The van der Waals surface area contributed by atoms with Crippen molar-refractivity contribution in [3.8, 4) is 0 Å². The Kier molecular flexibility index (Phi) is 6.21. The molecule has 4 nitrogen and oxygen atoms in total. The molecule has 114 valence electrons. The van der Waals surface area contributed by atoms with Gasteiger partial charge < -0.3 is 5.32 Å². The average molecular weight is 428 g/mol. The van der Waals surface area contributed by atoms with E-state index in [1.807, 2.05) is 37.3 Å². The van der Waals surface area contributed by atoms with Crippen molar-refractivity contribution in [1.29, 1.82) is 0 Å². The summed E-state index contributed by atoms with van der Waals surface area (Å²) >= 11 is 8.07. The summed E-state index contributed by atoms with van der Waals surface area (Å²) in [6.45, 7) is 2.20. The van der Waals surface area contributed by atoms with Crippen LogP contribution in [0.25, 0.3) is 0 Å². The molecule has 0 atom stereocenters. The van der Waals surface area contributed by atoms with E-state index in [-0.39, 0.29) is 12.5 Å². The molecule has 0 aliphatic rings. The van der Waals surface area contributed by atoms with Gasteiger partial charge in [-0.2, -0.15) is 5.10 Å². The number of rotatable bonds is 5. The van der Waals surface area contributed by atoms with E-state index in [2.05, 4.69) is 38.4 Å². The van der Waals surface area contributed by atoms with Gasteiger partial charge in [-0.15, -0.1) is 0 Å². The number of carbonyl (C=O) groups is 1. The van der Waals surface area contributed by atoms with Gasteiger partial charge in [-0.05, 0) is 71.0 Å². The molecule has 0 aliphatic carbocycles. The van der Waals surface area contributed by atoms with E-state index >= 15 is 0 Å². The van der Waals surface area contributed by atoms with Crippen molar-refractivity contribution in [2.24, 2.45) is 5.10 Å². The Bertz CT molecular complexity index is 686. The number of anilines is 1. The highest BCUT2D eigenvalue weighted by molar-refractivity contribution is 14.1. The van der Waals surface area contributed by atoms with Crippen molar-refractivity contribution in [2.45, 2.75) is 6.92 Å². The third kappa shape index (κ3) is 5.31. The van der Waals surface area contributed by atoms with Gasteiger partial charge in [0.05, 0.1) is 12.8 Å². The zero-order chi connectivity index (χ0) is 15.9. The highest BCUT2D eigenvalue weighted by Crippen LogP contribution is 2.16. The molecule has 0 bridgehead atoms. The third-order valence-electron chi connectivity index (χ3n) is 2.88. The summed E-state index contributed by atoms with van der Waals surface area (Å²) in [6, 6.07) is 13.1. The van der Waals surface area contributed by atoms with Crippen molar-refractivity contribution in [3.63, 3.8) is 0 Å². The molecular weight excluding hydrogens is 413 g/mol. The summed E-state index contributed by atoms with van der Waals surface area (Å²) in [5.41, 5.74) is 5.43.